The third kappa shape index (κ3) is 5.27. The molecule has 0 heterocycles. The van der Waals surface area contributed by atoms with Gasteiger partial charge in [0.1, 0.15) is 0 Å². The molecule has 6 heteroatoms. The molecule has 0 radical (unpaired) electrons. The largest absolute Gasteiger partial charge is 0.479 e. The lowest BCUT2D eigenvalue weighted by Gasteiger charge is -2.17. The number of ether oxygens (including phenoxy) is 1. The SMILES string of the molecule is COCC(C)CNC(=O)N[C@@H](C(=O)O)c1ccccc1. The normalized spacial score (nSPS) is 13.3. The first-order valence-electron chi connectivity index (χ1n) is 6.35. The molecule has 1 aromatic rings. The van der Waals surface area contributed by atoms with E-state index >= 15 is 0 Å². The maximum Gasteiger partial charge on any atom is 0.330 e. The number of benzene rings is 1. The highest BCUT2D eigenvalue weighted by Gasteiger charge is 2.21. The molecule has 2 atom stereocenters. The van der Waals surface area contributed by atoms with Crippen molar-refractivity contribution in [3.63, 3.8) is 0 Å². The van der Waals surface area contributed by atoms with E-state index in [-0.39, 0.29) is 5.92 Å². The van der Waals surface area contributed by atoms with Crippen LogP contribution in [0.15, 0.2) is 30.3 Å². The monoisotopic (exact) mass is 280 g/mol. The molecule has 1 aromatic carbocycles. The number of methoxy groups -OCH3 is 1. The van der Waals surface area contributed by atoms with Gasteiger partial charge in [-0.15, -0.1) is 0 Å². The molecule has 0 saturated heterocycles. The number of hydrogen-bond acceptors (Lipinski definition) is 3. The topological polar surface area (TPSA) is 87.7 Å². The van der Waals surface area contributed by atoms with E-state index in [4.69, 9.17) is 4.74 Å². The predicted octanol–water partition coefficient (Wildman–Crippen LogP) is 1.39. The summed E-state index contributed by atoms with van der Waals surface area (Å²) in [5.41, 5.74) is 0.528. The van der Waals surface area contributed by atoms with E-state index < -0.39 is 18.0 Å². The summed E-state index contributed by atoms with van der Waals surface area (Å²) in [6.07, 6.45) is 0. The number of carbonyl (C=O) groups excluding carboxylic acids is 1. The Balaban J connectivity index is 2.55. The second-order valence-electron chi connectivity index (χ2n) is 4.60. The first-order chi connectivity index (χ1) is 9.54. The summed E-state index contributed by atoms with van der Waals surface area (Å²) in [4.78, 5) is 22.9. The molecule has 0 saturated carbocycles. The molecule has 0 spiro atoms. The fraction of sp³-hybridized carbons (Fsp3) is 0.429. The van der Waals surface area contributed by atoms with Crippen molar-refractivity contribution in [1.29, 1.82) is 0 Å². The van der Waals surface area contributed by atoms with Gasteiger partial charge in [0.15, 0.2) is 6.04 Å². The van der Waals surface area contributed by atoms with Crippen molar-refractivity contribution in [2.45, 2.75) is 13.0 Å². The zero-order valence-corrected chi connectivity index (χ0v) is 11.6. The standard InChI is InChI=1S/C14H20N2O4/c1-10(9-20-2)8-15-14(19)16-12(13(17)18)11-6-4-3-5-7-11/h3-7,10,12H,8-9H2,1-2H3,(H,17,18)(H2,15,16,19)/t10?,12-/m1/s1. The van der Waals surface area contributed by atoms with Gasteiger partial charge in [0, 0.05) is 13.7 Å². The Labute approximate surface area is 118 Å². The molecule has 20 heavy (non-hydrogen) atoms. The lowest BCUT2D eigenvalue weighted by atomic mass is 10.1. The van der Waals surface area contributed by atoms with Gasteiger partial charge in [0.2, 0.25) is 0 Å². The minimum Gasteiger partial charge on any atom is -0.479 e. The Morgan fingerprint density at radius 2 is 1.95 bits per heavy atom. The van der Waals surface area contributed by atoms with E-state index in [9.17, 15) is 14.7 Å². The number of urea groups is 1. The van der Waals surface area contributed by atoms with Crippen molar-refractivity contribution < 1.29 is 19.4 Å². The van der Waals surface area contributed by atoms with Gasteiger partial charge in [-0.2, -0.15) is 0 Å². The average Bonchev–Trinajstić information content (AvgIpc) is 2.43. The Bertz CT molecular complexity index is 436. The van der Waals surface area contributed by atoms with Gasteiger partial charge in [-0.1, -0.05) is 37.3 Å². The fourth-order valence-corrected chi connectivity index (χ4v) is 1.73. The van der Waals surface area contributed by atoms with Gasteiger partial charge in [-0.25, -0.2) is 9.59 Å². The highest BCUT2D eigenvalue weighted by atomic mass is 16.5. The van der Waals surface area contributed by atoms with Gasteiger partial charge in [0.05, 0.1) is 6.61 Å². The highest BCUT2D eigenvalue weighted by molar-refractivity contribution is 5.83. The van der Waals surface area contributed by atoms with Crippen molar-refractivity contribution in [1.82, 2.24) is 10.6 Å². The molecule has 0 aliphatic rings. The van der Waals surface area contributed by atoms with E-state index in [1.807, 2.05) is 6.92 Å². The van der Waals surface area contributed by atoms with Crippen molar-refractivity contribution in [2.24, 2.45) is 5.92 Å². The average molecular weight is 280 g/mol. The molecule has 0 aromatic heterocycles. The summed E-state index contributed by atoms with van der Waals surface area (Å²) >= 11 is 0. The van der Waals surface area contributed by atoms with Crippen LogP contribution >= 0.6 is 0 Å². The molecular formula is C14H20N2O4. The Hall–Kier alpha value is -2.08. The first kappa shape index (κ1) is 16.0. The number of hydrogen-bond donors (Lipinski definition) is 3. The van der Waals surface area contributed by atoms with E-state index in [1.54, 1.807) is 37.4 Å². The van der Waals surface area contributed by atoms with Crippen LogP contribution in [-0.2, 0) is 9.53 Å². The second kappa shape index (κ2) is 8.16. The van der Waals surface area contributed by atoms with Crippen molar-refractivity contribution in [2.75, 3.05) is 20.3 Å². The Kier molecular flexibility index (Phi) is 6.52. The zero-order valence-electron chi connectivity index (χ0n) is 11.6. The summed E-state index contributed by atoms with van der Waals surface area (Å²) < 4.78 is 4.96. The maximum atomic E-state index is 11.7. The van der Waals surface area contributed by atoms with Crippen LogP contribution in [0.4, 0.5) is 4.79 Å². The Morgan fingerprint density at radius 3 is 2.50 bits per heavy atom. The number of aliphatic carboxylic acids is 1. The minimum atomic E-state index is -1.10. The summed E-state index contributed by atoms with van der Waals surface area (Å²) in [6, 6.07) is 6.99. The second-order valence-corrected chi connectivity index (χ2v) is 4.60. The zero-order chi connectivity index (χ0) is 15.0. The predicted molar refractivity (Wildman–Crippen MR) is 74.4 cm³/mol. The molecule has 0 aliphatic heterocycles. The molecule has 0 bridgehead atoms. The van der Waals surface area contributed by atoms with Gasteiger partial charge < -0.3 is 20.5 Å². The summed E-state index contributed by atoms with van der Waals surface area (Å²) in [5, 5.41) is 14.2. The van der Waals surface area contributed by atoms with Crippen LogP contribution in [0.25, 0.3) is 0 Å². The van der Waals surface area contributed by atoms with Crippen LogP contribution in [0.2, 0.25) is 0 Å². The third-order valence-electron chi connectivity index (χ3n) is 2.72. The van der Waals surface area contributed by atoms with Crippen LogP contribution < -0.4 is 10.6 Å². The molecule has 0 aliphatic carbocycles. The number of rotatable bonds is 7. The fourth-order valence-electron chi connectivity index (χ4n) is 1.73. The lowest BCUT2D eigenvalue weighted by Crippen LogP contribution is -2.42. The number of nitrogens with one attached hydrogen (secondary N) is 2. The molecule has 6 nitrogen and oxygen atoms in total. The molecule has 3 N–H and O–H groups in total. The smallest absolute Gasteiger partial charge is 0.330 e. The van der Waals surface area contributed by atoms with Gasteiger partial charge in [0.25, 0.3) is 0 Å². The van der Waals surface area contributed by atoms with Crippen LogP contribution in [-0.4, -0.2) is 37.4 Å². The van der Waals surface area contributed by atoms with Gasteiger partial charge >= 0.3 is 12.0 Å². The summed E-state index contributed by atoms with van der Waals surface area (Å²) in [5.74, 6) is -0.943. The van der Waals surface area contributed by atoms with Crippen molar-refractivity contribution in [3.05, 3.63) is 35.9 Å². The van der Waals surface area contributed by atoms with Crippen molar-refractivity contribution >= 4 is 12.0 Å². The van der Waals surface area contributed by atoms with Gasteiger partial charge in [-0.3, -0.25) is 0 Å². The van der Waals surface area contributed by atoms with Crippen LogP contribution in [0.5, 0.6) is 0 Å². The minimum absolute atomic E-state index is 0.158. The number of amides is 2. The van der Waals surface area contributed by atoms with E-state index in [0.29, 0.717) is 18.7 Å². The quantitative estimate of drug-likeness (QED) is 0.704. The molecule has 2 amide bonds. The molecule has 1 unspecified atom stereocenters. The maximum absolute atomic E-state index is 11.7. The van der Waals surface area contributed by atoms with E-state index in [2.05, 4.69) is 10.6 Å². The van der Waals surface area contributed by atoms with E-state index in [0.717, 1.165) is 0 Å². The number of carboxylic acids is 1. The Morgan fingerprint density at radius 1 is 1.30 bits per heavy atom. The van der Waals surface area contributed by atoms with Gasteiger partial charge in [-0.05, 0) is 11.5 Å². The van der Waals surface area contributed by atoms with Crippen molar-refractivity contribution in [3.8, 4) is 0 Å². The summed E-state index contributed by atoms with van der Waals surface area (Å²) in [7, 11) is 1.59. The molecule has 110 valence electrons. The number of carbonyl (C=O) groups is 2. The van der Waals surface area contributed by atoms with Crippen LogP contribution in [0.1, 0.15) is 18.5 Å². The van der Waals surface area contributed by atoms with E-state index in [1.165, 1.54) is 0 Å². The molecule has 0 fully saturated rings. The molecular weight excluding hydrogens is 260 g/mol. The lowest BCUT2D eigenvalue weighted by molar-refractivity contribution is -0.139. The molecule has 1 rings (SSSR count). The third-order valence-corrected chi connectivity index (χ3v) is 2.72. The van der Waals surface area contributed by atoms with Crippen LogP contribution in [0.3, 0.4) is 0 Å². The highest BCUT2D eigenvalue weighted by Crippen LogP contribution is 2.12. The summed E-state index contributed by atoms with van der Waals surface area (Å²) in [6.45, 7) is 2.87. The number of carboxylic acid groups (broad SMARTS) is 1. The first-order valence-corrected chi connectivity index (χ1v) is 6.35. The van der Waals surface area contributed by atoms with Crippen LogP contribution in [0, 0.1) is 5.92 Å².